The molecule has 2 aromatic carbocycles. The molecule has 0 spiro atoms. The van der Waals surface area contributed by atoms with E-state index in [4.69, 9.17) is 28.5 Å². The van der Waals surface area contributed by atoms with Crippen molar-refractivity contribution in [2.24, 2.45) is 0 Å². The molecule has 40 heavy (non-hydrogen) atoms. The maximum absolute atomic E-state index is 13.6. The molecule has 0 radical (unpaired) electrons. The second-order valence-electron chi connectivity index (χ2n) is 9.18. The van der Waals surface area contributed by atoms with Crippen molar-refractivity contribution < 1.29 is 32.9 Å². The summed E-state index contributed by atoms with van der Waals surface area (Å²) in [7, 11) is 0. The molecule has 4 rings (SSSR count). The number of hydrogen-bond acceptors (Lipinski definition) is 6. The van der Waals surface area contributed by atoms with Gasteiger partial charge in [0.2, 0.25) is 0 Å². The zero-order valence-corrected chi connectivity index (χ0v) is 23.7. The first-order chi connectivity index (χ1) is 18.7. The Bertz CT molecular complexity index is 1630. The van der Waals surface area contributed by atoms with Crippen LogP contribution in [0.5, 0.6) is 0 Å². The summed E-state index contributed by atoms with van der Waals surface area (Å²) in [5.74, 6) is -2.00. The summed E-state index contributed by atoms with van der Waals surface area (Å²) in [5.41, 5.74) is -3.26. The molecule has 9 nitrogen and oxygen atoms in total. The lowest BCUT2D eigenvalue weighted by atomic mass is 10.0. The van der Waals surface area contributed by atoms with Gasteiger partial charge in [0.15, 0.2) is 11.5 Å². The van der Waals surface area contributed by atoms with Crippen molar-refractivity contribution in [1.82, 2.24) is 20.1 Å². The van der Waals surface area contributed by atoms with Crippen molar-refractivity contribution in [2.75, 3.05) is 11.9 Å². The molecule has 210 valence electrons. The summed E-state index contributed by atoms with van der Waals surface area (Å²) in [6, 6.07) is 9.85. The fourth-order valence-corrected chi connectivity index (χ4v) is 4.66. The molecular weight excluding hydrogens is 642 g/mol. The van der Waals surface area contributed by atoms with E-state index >= 15 is 0 Å². The fourth-order valence-electron chi connectivity index (χ4n) is 3.76. The van der Waals surface area contributed by atoms with E-state index in [2.05, 4.69) is 41.5 Å². The Labute approximate surface area is 243 Å². The number of benzene rings is 2. The molecule has 4 aromatic rings. The first-order valence-corrected chi connectivity index (χ1v) is 12.9. The number of pyridine rings is 1. The second-order valence-corrected chi connectivity index (χ2v) is 10.9. The first-order valence-electron chi connectivity index (χ1n) is 11.3. The highest BCUT2D eigenvalue weighted by Crippen LogP contribution is 2.37. The number of alkyl halides is 3. The predicted molar refractivity (Wildman–Crippen MR) is 146 cm³/mol. The van der Waals surface area contributed by atoms with Crippen molar-refractivity contribution in [2.45, 2.75) is 25.6 Å². The Morgan fingerprint density at radius 2 is 1.85 bits per heavy atom. The van der Waals surface area contributed by atoms with Gasteiger partial charge in [0.05, 0.1) is 26.8 Å². The third-order valence-electron chi connectivity index (χ3n) is 5.57. The summed E-state index contributed by atoms with van der Waals surface area (Å²) < 4.78 is 42.1. The molecule has 2 amide bonds. The molecule has 0 bridgehead atoms. The maximum atomic E-state index is 13.6. The van der Waals surface area contributed by atoms with E-state index < -0.39 is 34.9 Å². The Kier molecular flexibility index (Phi) is 8.43. The van der Waals surface area contributed by atoms with E-state index in [1.807, 2.05) is 0 Å². The van der Waals surface area contributed by atoms with Gasteiger partial charge in [-0.3, -0.25) is 14.8 Å². The number of amides is 2. The van der Waals surface area contributed by atoms with Gasteiger partial charge >= 0.3 is 6.18 Å². The second kappa shape index (κ2) is 11.3. The van der Waals surface area contributed by atoms with Gasteiger partial charge in [0, 0.05) is 22.1 Å². The van der Waals surface area contributed by atoms with Crippen molar-refractivity contribution >= 4 is 67.4 Å². The van der Waals surface area contributed by atoms with E-state index in [1.165, 1.54) is 24.4 Å². The Balaban J connectivity index is 1.86. The van der Waals surface area contributed by atoms with Crippen molar-refractivity contribution in [3.05, 3.63) is 80.1 Å². The lowest BCUT2D eigenvalue weighted by molar-refractivity contribution is -0.252. The average Bonchev–Trinajstić information content (AvgIpc) is 3.31. The largest absolute Gasteiger partial charge is 0.435 e. The van der Waals surface area contributed by atoms with Gasteiger partial charge in [0.1, 0.15) is 12.3 Å². The number of carbonyl (C=O) groups is 2. The molecule has 0 aliphatic rings. The van der Waals surface area contributed by atoms with Gasteiger partial charge in [-0.2, -0.15) is 18.3 Å². The monoisotopic (exact) mass is 659 g/mol. The average molecular weight is 661 g/mol. The molecular formula is C25H19BrCl2F3N5O4. The van der Waals surface area contributed by atoms with Crippen LogP contribution in [0.2, 0.25) is 10.0 Å². The Hall–Kier alpha value is -3.23. The topological polar surface area (TPSA) is 118 Å². The summed E-state index contributed by atoms with van der Waals surface area (Å²) in [5, 5.41) is 18.4. The molecule has 0 atom stereocenters. The summed E-state index contributed by atoms with van der Waals surface area (Å²) in [4.78, 5) is 35.0. The highest BCUT2D eigenvalue weighted by Gasteiger charge is 2.37. The summed E-state index contributed by atoms with van der Waals surface area (Å²) in [6.45, 7) is 2.89. The smallest absolute Gasteiger partial charge is 0.345 e. The molecule has 0 aliphatic carbocycles. The lowest BCUT2D eigenvalue weighted by Gasteiger charge is -2.25. The van der Waals surface area contributed by atoms with Crippen LogP contribution in [0.25, 0.3) is 16.6 Å². The Morgan fingerprint density at radius 1 is 1.12 bits per heavy atom. The van der Waals surface area contributed by atoms with Gasteiger partial charge in [0.25, 0.3) is 11.8 Å². The number of nitrogens with one attached hydrogen (secondary N) is 2. The van der Waals surface area contributed by atoms with E-state index in [-0.39, 0.29) is 33.7 Å². The number of carbonyl (C=O) groups excluding carboxylic acids is 2. The van der Waals surface area contributed by atoms with Crippen LogP contribution in [-0.4, -0.2) is 44.0 Å². The van der Waals surface area contributed by atoms with Gasteiger partial charge in [-0.25, -0.2) is 14.6 Å². The van der Waals surface area contributed by atoms with Crippen LogP contribution in [-0.2, 0) is 11.1 Å². The van der Waals surface area contributed by atoms with Crippen LogP contribution in [0.3, 0.4) is 0 Å². The number of halogens is 6. The van der Waals surface area contributed by atoms with Crippen LogP contribution in [0.1, 0.15) is 40.4 Å². The molecule has 0 saturated carbocycles. The predicted octanol–water partition coefficient (Wildman–Crippen LogP) is 6.76. The number of aromatic nitrogens is 3. The van der Waals surface area contributed by atoms with Crippen LogP contribution in [0, 0.1) is 0 Å². The van der Waals surface area contributed by atoms with Crippen LogP contribution in [0.4, 0.5) is 18.9 Å². The molecule has 15 heteroatoms. The number of nitrogens with zero attached hydrogens (tertiary/aromatic N) is 3. The molecule has 2 aromatic heterocycles. The van der Waals surface area contributed by atoms with Gasteiger partial charge in [-0.1, -0.05) is 45.2 Å². The van der Waals surface area contributed by atoms with E-state index in [1.54, 1.807) is 32.0 Å². The maximum Gasteiger partial charge on any atom is 0.435 e. The third-order valence-corrected chi connectivity index (χ3v) is 6.75. The number of hydrogen-bond donors (Lipinski definition) is 3. The molecule has 0 unspecified atom stereocenters. The SMILES string of the molecule is CC(C)(COO)NC(=O)c1cc2cc(Br)ccc2c(Cl)c1NC(=O)c1cc(C(F)(F)F)nn1-c1ncccc1Cl. The zero-order valence-electron chi connectivity index (χ0n) is 20.6. The molecule has 0 aliphatic heterocycles. The van der Waals surface area contributed by atoms with E-state index in [9.17, 15) is 22.8 Å². The van der Waals surface area contributed by atoms with Crippen molar-refractivity contribution in [1.29, 1.82) is 0 Å². The highest BCUT2D eigenvalue weighted by atomic mass is 79.9. The molecule has 3 N–H and O–H groups in total. The summed E-state index contributed by atoms with van der Waals surface area (Å²) in [6.07, 6.45) is -3.61. The number of anilines is 1. The molecule has 0 fully saturated rings. The number of rotatable bonds is 7. The normalized spacial score (nSPS) is 12.0. The van der Waals surface area contributed by atoms with Gasteiger partial charge < -0.3 is 10.6 Å². The zero-order chi connectivity index (χ0) is 29.4. The van der Waals surface area contributed by atoms with Crippen LogP contribution < -0.4 is 10.6 Å². The van der Waals surface area contributed by atoms with Crippen molar-refractivity contribution in [3.8, 4) is 5.82 Å². The van der Waals surface area contributed by atoms with E-state index in [0.29, 0.717) is 26.0 Å². The van der Waals surface area contributed by atoms with Gasteiger partial charge in [-0.05, 0) is 49.6 Å². The summed E-state index contributed by atoms with van der Waals surface area (Å²) >= 11 is 16.1. The fraction of sp³-hybridized carbons (Fsp3) is 0.200. The lowest BCUT2D eigenvalue weighted by Crippen LogP contribution is -2.47. The Morgan fingerprint density at radius 3 is 2.50 bits per heavy atom. The van der Waals surface area contributed by atoms with Gasteiger partial charge in [-0.15, -0.1) is 0 Å². The third kappa shape index (κ3) is 6.23. The van der Waals surface area contributed by atoms with Crippen LogP contribution in [0.15, 0.2) is 53.1 Å². The minimum Gasteiger partial charge on any atom is -0.345 e. The minimum atomic E-state index is -4.89. The van der Waals surface area contributed by atoms with Crippen LogP contribution >= 0.6 is 39.1 Å². The first kappa shape index (κ1) is 29.7. The standard InChI is InChI=1S/C25H19BrCl2F3N5O4/c1-24(2,11-40-39)34-22(37)15-9-12-8-13(26)5-6-14(12)19(28)20(15)33-23(38)17-10-18(25(29,30)31)35-36(17)21-16(27)4-3-7-32-21/h3-10,39H,11H2,1-2H3,(H,33,38)(H,34,37). The van der Waals surface area contributed by atoms with Crippen molar-refractivity contribution in [3.63, 3.8) is 0 Å². The molecule has 0 saturated heterocycles. The van der Waals surface area contributed by atoms with E-state index in [0.717, 1.165) is 0 Å². The highest BCUT2D eigenvalue weighted by molar-refractivity contribution is 9.10. The molecule has 2 heterocycles. The number of fused-ring (bicyclic) bond motifs is 1. The quantitative estimate of drug-likeness (QED) is 0.149. The minimum absolute atomic E-state index is 0.0438.